The van der Waals surface area contributed by atoms with Crippen molar-refractivity contribution in [2.45, 2.75) is 13.1 Å². The molecule has 0 saturated carbocycles. The van der Waals surface area contributed by atoms with Gasteiger partial charge in [-0.1, -0.05) is 19.2 Å². The van der Waals surface area contributed by atoms with Gasteiger partial charge in [0.15, 0.2) is 5.71 Å². The van der Waals surface area contributed by atoms with Crippen molar-refractivity contribution in [1.82, 2.24) is 0 Å². The lowest BCUT2D eigenvalue weighted by Crippen LogP contribution is -2.49. The molecule has 6 nitrogen and oxygen atoms in total. The molecule has 2 heterocycles. The van der Waals surface area contributed by atoms with Crippen LogP contribution in [-0.2, 0) is 0 Å². The van der Waals surface area contributed by atoms with Crippen LogP contribution in [0.15, 0.2) is 53.3 Å². The summed E-state index contributed by atoms with van der Waals surface area (Å²) < 4.78 is 2.06. The summed E-state index contributed by atoms with van der Waals surface area (Å²) in [6, 6.07) is 7.58. The van der Waals surface area contributed by atoms with Crippen LogP contribution in [0.2, 0.25) is 13.1 Å². The molecule has 1 aromatic heterocycles. The monoisotopic (exact) mass is 479 g/mol. The standard InChI is InChI=1S/C25H26N2O4SSi/c1-26(2)14-7-9-16-20(11-14)33(5,6)21-12-15(27(3)4)8-10-17(21)22(16)23-18(24(28)29)13-19(32-23)25(30)31/h7-13H,1-6H3,(H-,28,29,30,31)/p+1. The second kappa shape index (κ2) is 7.97. The zero-order valence-electron chi connectivity index (χ0n) is 19.6. The van der Waals surface area contributed by atoms with E-state index in [1.807, 2.05) is 40.3 Å². The highest BCUT2D eigenvalue weighted by Crippen LogP contribution is 2.44. The van der Waals surface area contributed by atoms with Gasteiger partial charge in [0, 0.05) is 37.5 Å². The van der Waals surface area contributed by atoms with Gasteiger partial charge in [0.25, 0.3) is 0 Å². The Balaban J connectivity index is 2.14. The van der Waals surface area contributed by atoms with E-state index in [-0.39, 0.29) is 10.4 Å². The van der Waals surface area contributed by atoms with Crippen LogP contribution < -0.4 is 10.1 Å². The van der Waals surface area contributed by atoms with Crippen LogP contribution in [0.4, 0.5) is 5.69 Å². The summed E-state index contributed by atoms with van der Waals surface area (Å²) in [7, 11) is 5.86. The second-order valence-corrected chi connectivity index (χ2v) is 14.6. The van der Waals surface area contributed by atoms with Crippen molar-refractivity contribution in [1.29, 1.82) is 0 Å². The lowest BCUT2D eigenvalue weighted by atomic mass is 9.92. The first-order valence-electron chi connectivity index (χ1n) is 10.6. The summed E-state index contributed by atoms with van der Waals surface area (Å²) in [5.41, 5.74) is 4.97. The fourth-order valence-electron chi connectivity index (χ4n) is 4.47. The van der Waals surface area contributed by atoms with Crippen molar-refractivity contribution in [2.24, 2.45) is 0 Å². The van der Waals surface area contributed by atoms with Crippen LogP contribution in [0.1, 0.15) is 30.5 Å². The van der Waals surface area contributed by atoms with Crippen molar-refractivity contribution in [3.05, 3.63) is 74.1 Å². The molecular weight excluding hydrogens is 452 g/mol. The number of rotatable bonds is 4. The smallest absolute Gasteiger partial charge is 0.345 e. The molecule has 1 aromatic carbocycles. The van der Waals surface area contributed by atoms with Gasteiger partial charge in [-0.25, -0.2) is 14.2 Å². The minimum absolute atomic E-state index is 0.0231. The summed E-state index contributed by atoms with van der Waals surface area (Å²) in [5, 5.41) is 21.9. The van der Waals surface area contributed by atoms with Gasteiger partial charge in [0.2, 0.25) is 0 Å². The molecule has 0 fully saturated rings. The molecule has 0 unspecified atom stereocenters. The van der Waals surface area contributed by atoms with Crippen molar-refractivity contribution < 1.29 is 24.4 Å². The number of allylic oxidation sites excluding steroid dienone is 5. The van der Waals surface area contributed by atoms with E-state index in [0.717, 1.165) is 39.4 Å². The molecule has 0 bridgehead atoms. The van der Waals surface area contributed by atoms with Crippen molar-refractivity contribution in [3.8, 4) is 0 Å². The number of benzene rings is 1. The molecule has 0 amide bonds. The van der Waals surface area contributed by atoms with Crippen LogP contribution in [0.5, 0.6) is 0 Å². The van der Waals surface area contributed by atoms with Gasteiger partial charge in [0.1, 0.15) is 27.0 Å². The predicted molar refractivity (Wildman–Crippen MR) is 136 cm³/mol. The number of hydrogen-bond acceptors (Lipinski definition) is 4. The van der Waals surface area contributed by atoms with Gasteiger partial charge in [-0.05, 0) is 45.8 Å². The Morgan fingerprint density at radius 2 is 1.73 bits per heavy atom. The Morgan fingerprint density at radius 3 is 2.30 bits per heavy atom. The fraction of sp³-hybridized carbons (Fsp3) is 0.240. The minimum Gasteiger partial charge on any atom is -0.478 e. The summed E-state index contributed by atoms with van der Waals surface area (Å²) in [6.07, 6.45) is 6.30. The highest BCUT2D eigenvalue weighted by Gasteiger charge is 2.41. The van der Waals surface area contributed by atoms with Gasteiger partial charge in [-0.3, -0.25) is 0 Å². The van der Waals surface area contributed by atoms with E-state index in [4.69, 9.17) is 0 Å². The van der Waals surface area contributed by atoms with Gasteiger partial charge >= 0.3 is 11.9 Å². The Kier molecular flexibility index (Phi) is 5.54. The van der Waals surface area contributed by atoms with Gasteiger partial charge < -0.3 is 15.1 Å². The number of thiophene rings is 1. The zero-order valence-corrected chi connectivity index (χ0v) is 21.4. The highest BCUT2D eigenvalue weighted by molar-refractivity contribution is 7.15. The van der Waals surface area contributed by atoms with E-state index >= 15 is 0 Å². The van der Waals surface area contributed by atoms with Crippen molar-refractivity contribution in [2.75, 3.05) is 33.1 Å². The van der Waals surface area contributed by atoms with E-state index in [9.17, 15) is 19.8 Å². The summed E-state index contributed by atoms with van der Waals surface area (Å²) >= 11 is 1.03. The van der Waals surface area contributed by atoms with Crippen LogP contribution >= 0.6 is 11.3 Å². The Hall–Kier alpha value is -3.23. The first-order chi connectivity index (χ1) is 15.4. The molecular formula is C25H27N2O4SSi+. The second-order valence-electron chi connectivity index (χ2n) is 9.21. The van der Waals surface area contributed by atoms with Gasteiger partial charge in [-0.2, -0.15) is 0 Å². The van der Waals surface area contributed by atoms with Crippen LogP contribution in [0.25, 0.3) is 5.57 Å². The van der Waals surface area contributed by atoms with Gasteiger partial charge in [0.05, 0.1) is 10.4 Å². The molecule has 0 spiro atoms. The molecule has 0 atom stereocenters. The molecule has 170 valence electrons. The molecule has 1 aliphatic heterocycles. The number of carboxylic acid groups (broad SMARTS) is 2. The zero-order chi connectivity index (χ0) is 24.2. The first-order valence-corrected chi connectivity index (χ1v) is 14.4. The quantitative estimate of drug-likeness (QED) is 0.516. The topological polar surface area (TPSA) is 80.8 Å². The highest BCUT2D eigenvalue weighted by atomic mass is 32.1. The maximum absolute atomic E-state index is 12.1. The third-order valence-corrected chi connectivity index (χ3v) is 11.0. The number of carboxylic acids is 2. The molecule has 4 rings (SSSR count). The third kappa shape index (κ3) is 3.69. The largest absolute Gasteiger partial charge is 0.478 e. The van der Waals surface area contributed by atoms with Crippen molar-refractivity contribution in [3.63, 3.8) is 0 Å². The lowest BCUT2D eigenvalue weighted by molar-refractivity contribution is -0.462. The minimum atomic E-state index is -2.15. The summed E-state index contributed by atoms with van der Waals surface area (Å²) in [5.74, 6) is -2.24. The van der Waals surface area contributed by atoms with Crippen molar-refractivity contribution >= 4 is 53.5 Å². The molecule has 2 N–H and O–H groups in total. The first kappa shape index (κ1) is 22.9. The average molecular weight is 480 g/mol. The van der Waals surface area contributed by atoms with Crippen LogP contribution in [-0.4, -0.2) is 68.7 Å². The predicted octanol–water partition coefficient (Wildman–Crippen LogP) is 3.69. The maximum Gasteiger partial charge on any atom is 0.345 e. The molecule has 2 aromatic rings. The lowest BCUT2D eigenvalue weighted by Gasteiger charge is -2.38. The van der Waals surface area contributed by atoms with Gasteiger partial charge in [-0.15, -0.1) is 11.3 Å². The molecule has 0 radical (unpaired) electrons. The average Bonchev–Trinajstić information content (AvgIpc) is 3.19. The normalized spacial score (nSPS) is 16.2. The summed E-state index contributed by atoms with van der Waals surface area (Å²) in [6.45, 7) is 4.63. The van der Waals surface area contributed by atoms with E-state index in [1.165, 1.54) is 16.4 Å². The number of carbonyl (C=O) groups is 2. The SMILES string of the molecule is CN(C)c1ccc2c(c1)[Si](C)(C)C1=CC(=[N+](C)C)C=CC1=C2c1sc(C(=O)O)cc1C(=O)O. The van der Waals surface area contributed by atoms with E-state index in [0.29, 0.717) is 4.88 Å². The number of hydrogen-bond donors (Lipinski definition) is 2. The molecule has 33 heavy (non-hydrogen) atoms. The van der Waals surface area contributed by atoms with Crippen LogP contribution in [0.3, 0.4) is 0 Å². The Labute approximate surface area is 198 Å². The number of fused-ring (bicyclic) bond motifs is 2. The van der Waals surface area contributed by atoms with E-state index in [1.54, 1.807) is 0 Å². The van der Waals surface area contributed by atoms with Crippen LogP contribution in [0, 0.1) is 0 Å². The molecule has 2 aliphatic rings. The Morgan fingerprint density at radius 1 is 1.03 bits per heavy atom. The molecule has 8 heteroatoms. The van der Waals surface area contributed by atoms with E-state index < -0.39 is 20.0 Å². The third-order valence-electron chi connectivity index (χ3n) is 6.32. The number of aromatic carboxylic acids is 2. The maximum atomic E-state index is 12.1. The molecule has 0 saturated heterocycles. The Bertz CT molecular complexity index is 1340. The van der Waals surface area contributed by atoms with E-state index in [2.05, 4.69) is 46.9 Å². The summed E-state index contributed by atoms with van der Waals surface area (Å²) in [4.78, 5) is 26.4. The number of anilines is 1. The number of nitrogens with zero attached hydrogens (tertiary/aromatic N) is 2. The molecule has 1 aliphatic carbocycles. The fourth-order valence-corrected chi connectivity index (χ4v) is 8.60.